The summed E-state index contributed by atoms with van der Waals surface area (Å²) < 4.78 is 31.0. The molecular weight excluding hydrogens is 526 g/mol. The van der Waals surface area contributed by atoms with Crippen molar-refractivity contribution >= 4 is 17.5 Å². The van der Waals surface area contributed by atoms with Gasteiger partial charge in [0.05, 0.1) is 18.7 Å². The Hall–Kier alpha value is -3.95. The first-order valence-electron chi connectivity index (χ1n) is 12.6. The lowest BCUT2D eigenvalue weighted by Gasteiger charge is -2.27. The summed E-state index contributed by atoms with van der Waals surface area (Å²) in [7, 11) is 0. The Balaban J connectivity index is 1.38. The van der Waals surface area contributed by atoms with E-state index in [2.05, 4.69) is 5.32 Å². The van der Waals surface area contributed by atoms with Crippen LogP contribution in [0.1, 0.15) is 32.7 Å². The number of phenols is 1. The summed E-state index contributed by atoms with van der Waals surface area (Å²) in [5, 5.41) is 12.9. The molecule has 3 aromatic carbocycles. The maximum absolute atomic E-state index is 13.7. The minimum Gasteiger partial charge on any atom is -0.508 e. The number of fused-ring (bicyclic) bond motifs is 1. The topological polar surface area (TPSA) is 79.5 Å². The van der Waals surface area contributed by atoms with E-state index in [1.165, 1.54) is 36.4 Å². The Morgan fingerprint density at radius 3 is 2.31 bits per heavy atom. The average Bonchev–Trinajstić information content (AvgIpc) is 3.15. The van der Waals surface area contributed by atoms with Crippen molar-refractivity contribution in [3.8, 4) is 5.75 Å². The van der Waals surface area contributed by atoms with Gasteiger partial charge < -0.3 is 10.4 Å². The number of nitrogens with zero attached hydrogens (tertiary/aromatic N) is 3. The second-order valence-corrected chi connectivity index (χ2v) is 10.0. The van der Waals surface area contributed by atoms with E-state index in [1.54, 1.807) is 16.8 Å². The van der Waals surface area contributed by atoms with Crippen LogP contribution in [0.5, 0.6) is 5.75 Å². The van der Waals surface area contributed by atoms with Gasteiger partial charge in [-0.1, -0.05) is 23.7 Å². The average molecular weight is 553 g/mol. The van der Waals surface area contributed by atoms with Gasteiger partial charge >= 0.3 is 0 Å². The van der Waals surface area contributed by atoms with Crippen LogP contribution in [0.25, 0.3) is 0 Å². The molecule has 0 bridgehead atoms. The number of rotatable bonds is 8. The van der Waals surface area contributed by atoms with Crippen LogP contribution < -0.4 is 10.9 Å². The van der Waals surface area contributed by atoms with E-state index in [9.17, 15) is 23.5 Å². The van der Waals surface area contributed by atoms with Gasteiger partial charge in [0.2, 0.25) is 0 Å². The number of phenolic OH excluding ortho intramolecular Hbond substituents is 1. The van der Waals surface area contributed by atoms with Gasteiger partial charge in [0.1, 0.15) is 17.4 Å². The van der Waals surface area contributed by atoms with Crippen molar-refractivity contribution in [2.24, 2.45) is 0 Å². The molecular formula is C29H27ClF2N4O3. The van der Waals surface area contributed by atoms with Gasteiger partial charge in [0.15, 0.2) is 0 Å². The van der Waals surface area contributed by atoms with Crippen LogP contribution in [-0.4, -0.2) is 38.4 Å². The number of hydrogen-bond donors (Lipinski definition) is 2. The lowest BCUT2D eigenvalue weighted by molar-refractivity contribution is 0.0951. The van der Waals surface area contributed by atoms with E-state index < -0.39 is 11.6 Å². The maximum Gasteiger partial charge on any atom is 0.271 e. The van der Waals surface area contributed by atoms with Crippen molar-refractivity contribution in [2.45, 2.75) is 32.6 Å². The predicted octanol–water partition coefficient (Wildman–Crippen LogP) is 4.32. The summed E-state index contributed by atoms with van der Waals surface area (Å²) in [6.07, 6.45) is 0.571. The van der Waals surface area contributed by atoms with Crippen molar-refractivity contribution in [3.63, 3.8) is 0 Å². The fourth-order valence-electron chi connectivity index (χ4n) is 4.96. The van der Waals surface area contributed by atoms with E-state index >= 15 is 0 Å². The van der Waals surface area contributed by atoms with Gasteiger partial charge in [-0.2, -0.15) is 0 Å². The number of carbonyl (C=O) groups is 1. The zero-order chi connectivity index (χ0) is 27.5. The van der Waals surface area contributed by atoms with E-state index in [-0.39, 0.29) is 23.8 Å². The number of aromatic nitrogens is 2. The Morgan fingerprint density at radius 2 is 1.62 bits per heavy atom. The van der Waals surface area contributed by atoms with Gasteiger partial charge in [0.25, 0.3) is 11.5 Å². The fraction of sp³-hybridized carbons (Fsp3) is 0.241. The molecule has 0 saturated carbocycles. The molecule has 0 spiro atoms. The number of carbonyl (C=O) groups excluding carboxylic acids is 1. The highest BCUT2D eigenvalue weighted by Crippen LogP contribution is 2.21. The van der Waals surface area contributed by atoms with Crippen LogP contribution in [0.4, 0.5) is 8.78 Å². The highest BCUT2D eigenvalue weighted by Gasteiger charge is 2.26. The molecule has 7 nitrogen and oxygen atoms in total. The van der Waals surface area contributed by atoms with Gasteiger partial charge in [-0.15, -0.1) is 0 Å². The first-order valence-corrected chi connectivity index (χ1v) is 12.9. The second-order valence-electron chi connectivity index (χ2n) is 9.58. The minimum atomic E-state index is -0.631. The van der Waals surface area contributed by atoms with Crippen molar-refractivity contribution in [1.29, 1.82) is 0 Å². The SMILES string of the molecule is O=C(NCCn1c2c(c(=O)n1Cc1ccc(Cl)cc1)CN(Cc1cc(F)cc(F)c1)CC2)c1ccc(O)cc1. The summed E-state index contributed by atoms with van der Waals surface area (Å²) in [4.78, 5) is 28.2. The third-order valence-corrected chi connectivity index (χ3v) is 7.06. The largest absolute Gasteiger partial charge is 0.508 e. The Kier molecular flexibility index (Phi) is 7.81. The molecule has 39 heavy (non-hydrogen) atoms. The molecule has 0 unspecified atom stereocenters. The number of nitrogens with one attached hydrogen (secondary N) is 1. The van der Waals surface area contributed by atoms with Crippen molar-refractivity contribution in [3.05, 3.63) is 122 Å². The molecule has 0 atom stereocenters. The first kappa shape index (κ1) is 26.6. The highest BCUT2D eigenvalue weighted by atomic mass is 35.5. The number of halogens is 3. The summed E-state index contributed by atoms with van der Waals surface area (Å²) in [6, 6.07) is 16.7. The molecule has 4 aromatic rings. The van der Waals surface area contributed by atoms with Crippen LogP contribution in [-0.2, 0) is 32.6 Å². The maximum atomic E-state index is 13.7. The molecule has 0 saturated heterocycles. The zero-order valence-electron chi connectivity index (χ0n) is 21.0. The van der Waals surface area contributed by atoms with Gasteiger partial charge in [-0.05, 0) is 59.7 Å². The Labute approximate surface area is 228 Å². The number of amides is 1. The van der Waals surface area contributed by atoms with E-state index in [4.69, 9.17) is 11.6 Å². The van der Waals surface area contributed by atoms with Crippen molar-refractivity contribution in [2.75, 3.05) is 13.1 Å². The van der Waals surface area contributed by atoms with Crippen LogP contribution in [0.2, 0.25) is 5.02 Å². The molecule has 10 heteroatoms. The normalized spacial score (nSPS) is 13.3. The molecule has 1 aliphatic rings. The van der Waals surface area contributed by atoms with Crippen molar-refractivity contribution < 1.29 is 18.7 Å². The van der Waals surface area contributed by atoms with Crippen LogP contribution >= 0.6 is 11.6 Å². The first-order chi connectivity index (χ1) is 18.8. The Morgan fingerprint density at radius 1 is 0.923 bits per heavy atom. The van der Waals surface area contributed by atoms with E-state index in [1.807, 2.05) is 21.7 Å². The van der Waals surface area contributed by atoms with E-state index in [0.29, 0.717) is 60.9 Å². The molecule has 0 fully saturated rings. The van der Waals surface area contributed by atoms with Crippen LogP contribution in [0.3, 0.4) is 0 Å². The fourth-order valence-corrected chi connectivity index (χ4v) is 5.08. The zero-order valence-corrected chi connectivity index (χ0v) is 21.8. The summed E-state index contributed by atoms with van der Waals surface area (Å²) >= 11 is 6.04. The molecule has 0 radical (unpaired) electrons. The molecule has 5 rings (SSSR count). The van der Waals surface area contributed by atoms with Gasteiger partial charge in [0, 0.05) is 54.9 Å². The number of hydrogen-bond acceptors (Lipinski definition) is 4. The number of benzene rings is 3. The van der Waals surface area contributed by atoms with Crippen LogP contribution in [0, 0.1) is 11.6 Å². The van der Waals surface area contributed by atoms with Gasteiger partial charge in [-0.25, -0.2) is 13.5 Å². The standard InChI is InChI=1S/C29H27ClF2N4O3/c30-22-5-1-19(2-6-22)17-36-29(39)26-18-34(16-20-13-23(31)15-24(32)14-20)11-9-27(26)35(36)12-10-33-28(38)21-3-7-25(37)8-4-21/h1-8,13-15,37H,9-12,16-18H2,(H,33,38). The lowest BCUT2D eigenvalue weighted by atomic mass is 10.1. The molecule has 202 valence electrons. The lowest BCUT2D eigenvalue weighted by Crippen LogP contribution is -2.33. The molecule has 2 N–H and O–H groups in total. The molecule has 2 heterocycles. The number of aromatic hydroxyl groups is 1. The minimum absolute atomic E-state index is 0.0771. The second kappa shape index (κ2) is 11.4. The quantitative estimate of drug-likeness (QED) is 0.341. The van der Waals surface area contributed by atoms with E-state index in [0.717, 1.165) is 17.3 Å². The molecule has 1 aliphatic heterocycles. The summed E-state index contributed by atoms with van der Waals surface area (Å²) in [5.74, 6) is -1.47. The molecule has 0 aliphatic carbocycles. The third kappa shape index (κ3) is 6.21. The van der Waals surface area contributed by atoms with Crippen molar-refractivity contribution in [1.82, 2.24) is 19.6 Å². The molecule has 1 amide bonds. The predicted molar refractivity (Wildman–Crippen MR) is 144 cm³/mol. The smallest absolute Gasteiger partial charge is 0.271 e. The van der Waals surface area contributed by atoms with Gasteiger partial charge in [-0.3, -0.25) is 19.2 Å². The molecule has 1 aromatic heterocycles. The monoisotopic (exact) mass is 552 g/mol. The summed E-state index contributed by atoms with van der Waals surface area (Å²) in [6.45, 7) is 2.25. The van der Waals surface area contributed by atoms with Crippen LogP contribution in [0.15, 0.2) is 71.5 Å². The summed E-state index contributed by atoms with van der Waals surface area (Å²) in [5.41, 5.74) is 3.21. The highest BCUT2D eigenvalue weighted by molar-refractivity contribution is 6.30. The third-order valence-electron chi connectivity index (χ3n) is 6.80. The Bertz CT molecular complexity index is 1530.